The maximum Gasteiger partial charge on any atom is 0.410 e. The van der Waals surface area contributed by atoms with Gasteiger partial charge in [-0.05, 0) is 202 Å². The summed E-state index contributed by atoms with van der Waals surface area (Å²) in [4.78, 5) is 111. The number of halogens is 2. The second kappa shape index (κ2) is 42.0. The van der Waals surface area contributed by atoms with Crippen LogP contribution in [0.1, 0.15) is 190 Å². The summed E-state index contributed by atoms with van der Waals surface area (Å²) < 4.78 is 73.5. The summed E-state index contributed by atoms with van der Waals surface area (Å²) in [5, 5.41) is 35.6. The molecule has 3 amide bonds. The molecule has 0 saturated carbocycles. The average Bonchev–Trinajstić information content (AvgIpc) is 1.62. The van der Waals surface area contributed by atoms with E-state index in [0.29, 0.717) is 150 Å². The Hall–Kier alpha value is -11.0. The molecule has 612 valence electrons. The fourth-order valence-electron chi connectivity index (χ4n) is 12.1. The lowest BCUT2D eigenvalue weighted by molar-refractivity contribution is -0.137. The molecular formula is C82H106F2N10O19. The second-order valence-corrected chi connectivity index (χ2v) is 30.3. The van der Waals surface area contributed by atoms with Gasteiger partial charge in [0, 0.05) is 107 Å². The average molecular weight is 1570 g/mol. The van der Waals surface area contributed by atoms with Gasteiger partial charge in [0.15, 0.2) is 5.82 Å². The molecule has 11 rings (SSSR count). The summed E-state index contributed by atoms with van der Waals surface area (Å²) in [5.74, 6) is -3.55. The summed E-state index contributed by atoms with van der Waals surface area (Å²) in [6.07, 6.45) is 15.1. The lowest BCUT2D eigenvalue weighted by Gasteiger charge is -2.30. The van der Waals surface area contributed by atoms with Gasteiger partial charge in [-0.25, -0.2) is 52.1 Å². The second-order valence-electron chi connectivity index (χ2n) is 30.3. The van der Waals surface area contributed by atoms with E-state index >= 15 is 4.39 Å². The Bertz CT molecular complexity index is 4220. The molecule has 29 nitrogen and oxygen atoms in total. The lowest BCUT2D eigenvalue weighted by atomic mass is 9.99. The van der Waals surface area contributed by atoms with Gasteiger partial charge in [0.05, 0.1) is 59.9 Å². The quantitative estimate of drug-likeness (QED) is 0.0291. The van der Waals surface area contributed by atoms with Crippen molar-refractivity contribution < 1.29 is 100 Å². The maximum atomic E-state index is 15.3. The number of nitrogens with two attached hydrogens (primary N) is 1. The number of nitriles is 1. The number of benzene rings is 2. The third-order valence-electron chi connectivity index (χ3n) is 18.1. The number of ether oxygens (including phenoxy) is 8. The van der Waals surface area contributed by atoms with Gasteiger partial charge in [-0.15, -0.1) is 0 Å². The SMILES string of the molecule is CC(C)(C)OC(=O)N1CCC(=CC(=O)O)CC1.CC(C)(C)OC(=O)N1CCC(=CC(=O)O)CC1.CCOC(=O)C=C1CCN(C(=O)OC(C)(C)C)CC1.CCOC(=O)c1ccc(N)c(CC[C@@H]2CCO2)c1F.N#Cc1ccc(COc2cccc(N3CCC(=Cc4nc5ccc(C(=O)O)c(F)c5n4C[C@@H]4CCO4)CC3)n2)nc1. The van der Waals surface area contributed by atoms with E-state index in [1.165, 1.54) is 42.1 Å². The molecule has 2 atom stereocenters. The van der Waals surface area contributed by atoms with Crippen LogP contribution in [-0.2, 0) is 67.1 Å². The number of likely N-dealkylation sites (tertiary alicyclic amines) is 3. The molecule has 3 aromatic heterocycles. The van der Waals surface area contributed by atoms with E-state index in [0.717, 1.165) is 67.9 Å². The Labute approximate surface area is 657 Å². The molecule has 0 aliphatic carbocycles. The summed E-state index contributed by atoms with van der Waals surface area (Å²) in [6, 6.07) is 16.9. The highest BCUT2D eigenvalue weighted by molar-refractivity contribution is 5.94. The van der Waals surface area contributed by atoms with E-state index in [4.69, 9.17) is 59.1 Å². The Morgan fingerprint density at radius 1 is 0.611 bits per heavy atom. The zero-order chi connectivity index (χ0) is 82.7. The van der Waals surface area contributed by atoms with Crippen LogP contribution in [0.2, 0.25) is 0 Å². The number of carboxylic acid groups (broad SMARTS) is 3. The summed E-state index contributed by atoms with van der Waals surface area (Å²) in [7, 11) is 0. The van der Waals surface area contributed by atoms with E-state index in [1.54, 1.807) is 63.4 Å². The first-order valence-electron chi connectivity index (χ1n) is 37.9. The molecule has 6 aliphatic heterocycles. The van der Waals surface area contributed by atoms with Crippen molar-refractivity contribution in [1.29, 1.82) is 5.26 Å². The first-order valence-corrected chi connectivity index (χ1v) is 37.9. The fraction of sp³-hybridized carbons (Fsp3) is 0.512. The standard InChI is InChI=1S/C30H27FN6O4.C14H18FNO3.C14H23NO4.2C12H19NO4/c31-28-23(30(38)39)6-7-24-29(28)37(17-22-10-13-40-22)26(34-24)14-19-8-11-36(12-9-19)25-2-1-3-27(35-25)41-18-21-5-4-20(15-32)16-33-21;1-2-18-14(17)11-5-6-12(16)10(13(11)15)4-3-9-7-8-19-9;1-5-18-12(16)10-11-6-8-15(9-7-11)13(17)19-14(2,3)4;2*1-12(2,3)17-11(16)13-6-4-9(5-7-13)8-10(14)15/h1-7,14,16,22H,8-13,17-18H2,(H,38,39);5-6,9H,2-4,7-8,16H2,1H3;10H,5-9H2,1-4H3;2*8H,4-7H2,1-3H3,(H,14,15)/t22-;9-;;;/m01.../s1. The highest BCUT2D eigenvalue weighted by Gasteiger charge is 2.31. The lowest BCUT2D eigenvalue weighted by Crippen LogP contribution is -2.40. The van der Waals surface area contributed by atoms with Crippen molar-refractivity contribution in [1.82, 2.24) is 34.2 Å². The van der Waals surface area contributed by atoms with Gasteiger partial charge in [-0.2, -0.15) is 10.2 Å². The van der Waals surface area contributed by atoms with Crippen LogP contribution < -0.4 is 15.4 Å². The molecule has 0 bridgehead atoms. The van der Waals surface area contributed by atoms with Crippen LogP contribution in [-0.4, -0.2) is 205 Å². The largest absolute Gasteiger partial charge is 0.478 e. The number of esters is 2. The van der Waals surface area contributed by atoms with Crippen LogP contribution in [0.4, 0.5) is 34.7 Å². The molecule has 6 fully saturated rings. The Kier molecular flexibility index (Phi) is 33.2. The molecule has 2 aromatic carbocycles. The van der Waals surface area contributed by atoms with Gasteiger partial charge in [-0.1, -0.05) is 28.4 Å². The predicted octanol–water partition coefficient (Wildman–Crippen LogP) is 13.5. The van der Waals surface area contributed by atoms with Crippen molar-refractivity contribution in [2.75, 3.05) is 89.4 Å². The molecule has 0 spiro atoms. The van der Waals surface area contributed by atoms with E-state index in [1.807, 2.05) is 86.6 Å². The molecule has 0 radical (unpaired) electrons. The number of carbonyl (C=O) groups is 8. The number of piperidine rings is 4. The summed E-state index contributed by atoms with van der Waals surface area (Å²) >= 11 is 0. The summed E-state index contributed by atoms with van der Waals surface area (Å²) in [5.41, 5.74) is 10.4. The number of nitrogens with zero attached hydrogens (tertiary/aromatic N) is 9. The number of anilines is 2. The number of fused-ring (bicyclic) bond motifs is 1. The zero-order valence-corrected chi connectivity index (χ0v) is 66.4. The van der Waals surface area contributed by atoms with Crippen molar-refractivity contribution in [2.24, 2.45) is 0 Å². The highest BCUT2D eigenvalue weighted by atomic mass is 19.1. The van der Waals surface area contributed by atoms with Gasteiger partial charge in [-0.3, -0.25) is 4.98 Å². The Morgan fingerprint density at radius 2 is 1.11 bits per heavy atom. The number of amides is 3. The molecule has 0 unspecified atom stereocenters. The highest BCUT2D eigenvalue weighted by Crippen LogP contribution is 2.32. The Morgan fingerprint density at radius 3 is 1.55 bits per heavy atom. The number of aromatic carboxylic acids is 1. The predicted molar refractivity (Wildman–Crippen MR) is 415 cm³/mol. The normalized spacial score (nSPS) is 16.8. The van der Waals surface area contributed by atoms with E-state index in [9.17, 15) is 47.9 Å². The minimum Gasteiger partial charge on any atom is -0.478 e. The smallest absolute Gasteiger partial charge is 0.410 e. The van der Waals surface area contributed by atoms with Crippen LogP contribution in [0.15, 0.2) is 101 Å². The van der Waals surface area contributed by atoms with Gasteiger partial charge < -0.3 is 83.1 Å². The van der Waals surface area contributed by atoms with Gasteiger partial charge in [0.25, 0.3) is 0 Å². The number of aromatic nitrogens is 4. The topological polar surface area (TPSA) is 377 Å². The molecular weight excluding hydrogens is 1470 g/mol. The minimum absolute atomic E-state index is 0.0486. The monoisotopic (exact) mass is 1570 g/mol. The van der Waals surface area contributed by atoms with E-state index in [2.05, 4.69) is 19.9 Å². The van der Waals surface area contributed by atoms with Crippen molar-refractivity contribution in [3.63, 3.8) is 0 Å². The number of nitrogen functional groups attached to an aromatic ring is 1. The van der Waals surface area contributed by atoms with Crippen LogP contribution in [0, 0.1) is 23.0 Å². The van der Waals surface area contributed by atoms with Crippen LogP contribution in [0.25, 0.3) is 17.1 Å². The molecule has 5 aromatic rings. The van der Waals surface area contributed by atoms with E-state index in [-0.39, 0.29) is 66.3 Å². The van der Waals surface area contributed by atoms with Crippen molar-refractivity contribution in [2.45, 2.75) is 195 Å². The molecule has 5 N–H and O–H groups in total. The number of imidazole rings is 1. The molecule has 113 heavy (non-hydrogen) atoms. The molecule has 9 heterocycles. The minimum atomic E-state index is -1.31. The van der Waals surface area contributed by atoms with Crippen LogP contribution in [0.3, 0.4) is 0 Å². The maximum absolute atomic E-state index is 15.3. The molecule has 6 aliphatic rings. The molecule has 6 saturated heterocycles. The van der Waals surface area contributed by atoms with Crippen LogP contribution in [0.5, 0.6) is 5.88 Å². The first kappa shape index (κ1) is 89.2. The van der Waals surface area contributed by atoms with Crippen LogP contribution >= 0.6 is 0 Å². The van der Waals surface area contributed by atoms with Gasteiger partial charge in [0.1, 0.15) is 52.5 Å². The third-order valence-corrected chi connectivity index (χ3v) is 18.1. The Balaban J connectivity index is 0.000000209. The van der Waals surface area contributed by atoms with Crippen molar-refractivity contribution >= 4 is 76.7 Å². The third kappa shape index (κ3) is 29.2. The van der Waals surface area contributed by atoms with Gasteiger partial charge in [0.2, 0.25) is 5.88 Å². The van der Waals surface area contributed by atoms with Crippen molar-refractivity contribution in [3.05, 3.63) is 147 Å². The zero-order valence-electron chi connectivity index (χ0n) is 66.4. The summed E-state index contributed by atoms with van der Waals surface area (Å²) in [6.45, 7) is 27.4. The first-order chi connectivity index (χ1) is 53.5. The molecule has 31 heteroatoms. The number of carboxylic acids is 3. The van der Waals surface area contributed by atoms with Gasteiger partial charge >= 0.3 is 48.1 Å². The number of pyridine rings is 2. The fourth-order valence-corrected chi connectivity index (χ4v) is 12.1. The number of hydrogen-bond acceptors (Lipinski definition) is 22. The van der Waals surface area contributed by atoms with Crippen molar-refractivity contribution in [3.8, 4) is 11.9 Å². The van der Waals surface area contributed by atoms with E-state index < -0.39 is 52.3 Å². The number of carbonyl (C=O) groups excluding carboxylic acids is 5. The number of aliphatic carboxylic acids is 2. The number of rotatable bonds is 17. The number of hydrogen-bond donors (Lipinski definition) is 4.